The molecule has 1 N–H and O–H groups in total. The lowest BCUT2D eigenvalue weighted by Crippen LogP contribution is -2.35. The Bertz CT molecular complexity index is 537. The van der Waals surface area contributed by atoms with E-state index < -0.39 is 0 Å². The van der Waals surface area contributed by atoms with Crippen molar-refractivity contribution in [2.24, 2.45) is 0 Å². The highest BCUT2D eigenvalue weighted by Gasteiger charge is 2.10. The van der Waals surface area contributed by atoms with Crippen LogP contribution in [0.1, 0.15) is 20.3 Å². The molecular formula is C13H17N5O. The first-order chi connectivity index (χ1) is 9.19. The van der Waals surface area contributed by atoms with Gasteiger partial charge in [-0.05, 0) is 18.6 Å². The smallest absolute Gasteiger partial charge is 0.243 e. The Kier molecular flexibility index (Phi) is 4.22. The molecule has 6 nitrogen and oxygen atoms in total. The maximum atomic E-state index is 11.7. The minimum atomic E-state index is -0.105. The second-order valence-electron chi connectivity index (χ2n) is 4.39. The lowest BCUT2D eigenvalue weighted by molar-refractivity contribution is -0.122. The Morgan fingerprint density at radius 1 is 1.37 bits per heavy atom. The second kappa shape index (κ2) is 6.08. The maximum absolute atomic E-state index is 11.7. The van der Waals surface area contributed by atoms with Crippen LogP contribution in [0.3, 0.4) is 0 Å². The first-order valence-corrected chi connectivity index (χ1v) is 6.31. The minimum absolute atomic E-state index is 0.0875. The van der Waals surface area contributed by atoms with E-state index in [1.54, 1.807) is 0 Å². The number of carbonyl (C=O) groups is 1. The van der Waals surface area contributed by atoms with E-state index in [2.05, 4.69) is 20.7 Å². The largest absolute Gasteiger partial charge is 0.352 e. The van der Waals surface area contributed by atoms with Gasteiger partial charge in [-0.1, -0.05) is 37.3 Å². The summed E-state index contributed by atoms with van der Waals surface area (Å²) >= 11 is 0. The molecule has 0 saturated heterocycles. The number of rotatable bonds is 5. The van der Waals surface area contributed by atoms with Crippen molar-refractivity contribution in [3.63, 3.8) is 0 Å². The van der Waals surface area contributed by atoms with Gasteiger partial charge in [-0.15, -0.1) is 10.2 Å². The van der Waals surface area contributed by atoms with Crippen LogP contribution >= 0.6 is 0 Å². The number of hydrogen-bond acceptors (Lipinski definition) is 4. The third-order valence-corrected chi connectivity index (χ3v) is 2.79. The summed E-state index contributed by atoms with van der Waals surface area (Å²) in [5.41, 5.74) is 0.885. The average Bonchev–Trinajstić information content (AvgIpc) is 2.88. The van der Waals surface area contributed by atoms with Gasteiger partial charge in [-0.25, -0.2) is 0 Å². The Morgan fingerprint density at radius 3 is 2.79 bits per heavy atom. The van der Waals surface area contributed by atoms with Gasteiger partial charge in [-0.3, -0.25) is 4.79 Å². The molecule has 0 spiro atoms. The van der Waals surface area contributed by atoms with Crippen molar-refractivity contribution in [3.05, 3.63) is 30.3 Å². The monoisotopic (exact) mass is 259 g/mol. The Hall–Kier alpha value is -2.24. The van der Waals surface area contributed by atoms with Gasteiger partial charge in [0.25, 0.3) is 0 Å². The highest BCUT2D eigenvalue weighted by atomic mass is 16.2. The third-order valence-electron chi connectivity index (χ3n) is 2.79. The molecule has 0 radical (unpaired) electrons. The van der Waals surface area contributed by atoms with E-state index in [4.69, 9.17) is 0 Å². The van der Waals surface area contributed by atoms with E-state index >= 15 is 0 Å². The standard InChI is InChI=1S/C13H17N5O/c1-3-10(2)14-12(19)9-18-16-13(15-17-18)11-7-5-4-6-8-11/h4-8,10H,3,9H2,1-2H3,(H,14,19)/t10-/m0/s1. The molecule has 19 heavy (non-hydrogen) atoms. The number of aromatic nitrogens is 4. The van der Waals surface area contributed by atoms with Crippen molar-refractivity contribution in [3.8, 4) is 11.4 Å². The number of hydrogen-bond donors (Lipinski definition) is 1. The zero-order chi connectivity index (χ0) is 13.7. The number of nitrogens with one attached hydrogen (secondary N) is 1. The topological polar surface area (TPSA) is 72.7 Å². The number of carbonyl (C=O) groups excluding carboxylic acids is 1. The molecule has 0 aliphatic rings. The van der Waals surface area contributed by atoms with Crippen molar-refractivity contribution >= 4 is 5.91 Å². The number of amides is 1. The van der Waals surface area contributed by atoms with Crippen LogP contribution in [-0.2, 0) is 11.3 Å². The molecule has 100 valence electrons. The molecule has 0 aliphatic heterocycles. The van der Waals surface area contributed by atoms with Gasteiger partial charge < -0.3 is 5.32 Å². The Morgan fingerprint density at radius 2 is 2.11 bits per heavy atom. The van der Waals surface area contributed by atoms with E-state index in [0.717, 1.165) is 12.0 Å². The molecule has 0 unspecified atom stereocenters. The van der Waals surface area contributed by atoms with Crippen LogP contribution < -0.4 is 5.32 Å². The summed E-state index contributed by atoms with van der Waals surface area (Å²) in [5, 5.41) is 14.9. The van der Waals surface area contributed by atoms with E-state index in [1.165, 1.54) is 4.80 Å². The van der Waals surface area contributed by atoms with Crippen LogP contribution in [0.25, 0.3) is 11.4 Å². The van der Waals surface area contributed by atoms with Crippen molar-refractivity contribution < 1.29 is 4.79 Å². The maximum Gasteiger partial charge on any atom is 0.243 e. The summed E-state index contributed by atoms with van der Waals surface area (Å²) in [6, 6.07) is 9.70. The van der Waals surface area contributed by atoms with E-state index in [-0.39, 0.29) is 18.5 Å². The molecule has 0 aliphatic carbocycles. The van der Waals surface area contributed by atoms with E-state index in [1.807, 2.05) is 44.2 Å². The van der Waals surface area contributed by atoms with Gasteiger partial charge >= 0.3 is 0 Å². The predicted octanol–water partition coefficient (Wildman–Crippen LogP) is 1.25. The summed E-state index contributed by atoms with van der Waals surface area (Å²) in [7, 11) is 0. The molecule has 6 heteroatoms. The summed E-state index contributed by atoms with van der Waals surface area (Å²) in [5.74, 6) is 0.420. The summed E-state index contributed by atoms with van der Waals surface area (Å²) in [6.45, 7) is 4.07. The van der Waals surface area contributed by atoms with Crippen LogP contribution in [0.5, 0.6) is 0 Å². The van der Waals surface area contributed by atoms with Crippen molar-refractivity contribution in [2.45, 2.75) is 32.9 Å². The van der Waals surface area contributed by atoms with Gasteiger partial charge in [-0.2, -0.15) is 4.80 Å². The first kappa shape index (κ1) is 13.2. The molecule has 2 aromatic rings. The zero-order valence-corrected chi connectivity index (χ0v) is 11.1. The van der Waals surface area contributed by atoms with Gasteiger partial charge in [0.15, 0.2) is 0 Å². The molecule has 0 bridgehead atoms. The number of nitrogens with zero attached hydrogens (tertiary/aromatic N) is 4. The zero-order valence-electron chi connectivity index (χ0n) is 11.1. The number of benzene rings is 1. The lowest BCUT2D eigenvalue weighted by atomic mass is 10.2. The van der Waals surface area contributed by atoms with Crippen LogP contribution in [0.2, 0.25) is 0 Å². The molecule has 1 atom stereocenters. The molecule has 1 aromatic carbocycles. The van der Waals surface area contributed by atoms with Crippen LogP contribution in [0.4, 0.5) is 0 Å². The molecule has 0 saturated carbocycles. The molecule has 0 fully saturated rings. The Labute approximate surface area is 111 Å². The average molecular weight is 259 g/mol. The molecule has 2 rings (SSSR count). The SMILES string of the molecule is CC[C@H](C)NC(=O)Cn1nnc(-c2ccccc2)n1. The Balaban J connectivity index is 2.00. The van der Waals surface area contributed by atoms with Crippen LogP contribution in [0.15, 0.2) is 30.3 Å². The quantitative estimate of drug-likeness (QED) is 0.877. The summed E-state index contributed by atoms with van der Waals surface area (Å²) in [4.78, 5) is 13.0. The van der Waals surface area contributed by atoms with Crippen molar-refractivity contribution in [1.82, 2.24) is 25.5 Å². The van der Waals surface area contributed by atoms with Gasteiger partial charge in [0.2, 0.25) is 11.7 Å². The van der Waals surface area contributed by atoms with E-state index in [0.29, 0.717) is 5.82 Å². The second-order valence-corrected chi connectivity index (χ2v) is 4.39. The fourth-order valence-electron chi connectivity index (χ4n) is 1.56. The van der Waals surface area contributed by atoms with Crippen molar-refractivity contribution in [2.75, 3.05) is 0 Å². The first-order valence-electron chi connectivity index (χ1n) is 6.31. The van der Waals surface area contributed by atoms with E-state index in [9.17, 15) is 4.79 Å². The summed E-state index contributed by atoms with van der Waals surface area (Å²) in [6.07, 6.45) is 0.895. The van der Waals surface area contributed by atoms with Crippen LogP contribution in [0, 0.1) is 0 Å². The van der Waals surface area contributed by atoms with Crippen LogP contribution in [-0.4, -0.2) is 32.2 Å². The van der Waals surface area contributed by atoms with Crippen molar-refractivity contribution in [1.29, 1.82) is 0 Å². The molecule has 1 aromatic heterocycles. The molecular weight excluding hydrogens is 242 g/mol. The normalized spacial score (nSPS) is 12.1. The highest BCUT2D eigenvalue weighted by Crippen LogP contribution is 2.11. The predicted molar refractivity (Wildman–Crippen MR) is 71.1 cm³/mol. The fourth-order valence-corrected chi connectivity index (χ4v) is 1.56. The lowest BCUT2D eigenvalue weighted by Gasteiger charge is -2.10. The van der Waals surface area contributed by atoms with Gasteiger partial charge in [0.1, 0.15) is 6.54 Å². The highest BCUT2D eigenvalue weighted by molar-refractivity contribution is 5.75. The van der Waals surface area contributed by atoms with Gasteiger partial charge in [0.05, 0.1) is 0 Å². The molecule has 1 heterocycles. The van der Waals surface area contributed by atoms with Gasteiger partial charge in [0, 0.05) is 11.6 Å². The minimum Gasteiger partial charge on any atom is -0.352 e. The third kappa shape index (κ3) is 3.61. The fraction of sp³-hybridized carbons (Fsp3) is 0.385. The molecule has 1 amide bonds. The summed E-state index contributed by atoms with van der Waals surface area (Å²) < 4.78 is 0. The number of tetrazole rings is 1.